The highest BCUT2D eigenvalue weighted by Crippen LogP contribution is 2.30. The minimum absolute atomic E-state index is 0.0859. The molecule has 0 spiro atoms. The van der Waals surface area contributed by atoms with Crippen molar-refractivity contribution in [2.24, 2.45) is 7.05 Å². The summed E-state index contributed by atoms with van der Waals surface area (Å²) < 4.78 is 29.8. The van der Waals surface area contributed by atoms with Crippen molar-refractivity contribution in [3.63, 3.8) is 0 Å². The molecule has 0 aliphatic carbocycles. The molecule has 10 nitrogen and oxygen atoms in total. The summed E-state index contributed by atoms with van der Waals surface area (Å²) in [5.41, 5.74) is 5.26. The first-order chi connectivity index (χ1) is 22.8. The minimum Gasteiger partial charge on any atom is -0.473 e. The Kier molecular flexibility index (Phi) is 8.94. The van der Waals surface area contributed by atoms with Crippen molar-refractivity contribution < 1.29 is 18.7 Å². The zero-order chi connectivity index (χ0) is 32.5. The van der Waals surface area contributed by atoms with Crippen molar-refractivity contribution in [1.82, 2.24) is 29.2 Å². The van der Waals surface area contributed by atoms with E-state index in [-0.39, 0.29) is 18.6 Å². The van der Waals surface area contributed by atoms with Gasteiger partial charge in [-0.2, -0.15) is 5.10 Å². The van der Waals surface area contributed by atoms with Gasteiger partial charge in [-0.05, 0) is 81.7 Å². The number of benzene rings is 2. The number of aryl methyl sites for hydroxylation is 2. The van der Waals surface area contributed by atoms with Crippen LogP contribution in [0.25, 0.3) is 11.0 Å². The fourth-order valence-electron chi connectivity index (χ4n) is 6.20. The number of ether oxygens (including phenoxy) is 2. The smallest absolute Gasteiger partial charge is 0.276 e. The Labute approximate surface area is 277 Å². The summed E-state index contributed by atoms with van der Waals surface area (Å²) >= 11 is 5.87. The van der Waals surface area contributed by atoms with Crippen LogP contribution in [0.5, 0.6) is 5.88 Å². The summed E-state index contributed by atoms with van der Waals surface area (Å²) in [6.07, 6.45) is 3.13. The number of carbonyl (C=O) groups is 1. The highest BCUT2D eigenvalue weighted by Gasteiger charge is 2.26. The number of amides is 1. The molecule has 12 heteroatoms. The van der Waals surface area contributed by atoms with Gasteiger partial charge in [0, 0.05) is 53.3 Å². The lowest BCUT2D eigenvalue weighted by Gasteiger charge is -2.32. The lowest BCUT2D eigenvalue weighted by molar-refractivity contribution is -0.0592. The van der Waals surface area contributed by atoms with E-state index in [0.29, 0.717) is 40.3 Å². The normalized spacial score (nSPS) is 17.1. The number of nitrogens with one attached hydrogen (secondary N) is 1. The van der Waals surface area contributed by atoms with Gasteiger partial charge < -0.3 is 19.4 Å². The highest BCUT2D eigenvalue weighted by atomic mass is 35.5. The van der Waals surface area contributed by atoms with Crippen molar-refractivity contribution in [2.75, 3.05) is 25.0 Å². The van der Waals surface area contributed by atoms with Crippen molar-refractivity contribution in [3.05, 3.63) is 100.0 Å². The number of halogens is 2. The Hall–Kier alpha value is -4.32. The van der Waals surface area contributed by atoms with E-state index in [4.69, 9.17) is 31.0 Å². The summed E-state index contributed by atoms with van der Waals surface area (Å²) in [4.78, 5) is 25.1. The lowest BCUT2D eigenvalue weighted by atomic mass is 9.93. The quantitative estimate of drug-likeness (QED) is 0.189. The summed E-state index contributed by atoms with van der Waals surface area (Å²) in [5, 5.41) is 7.62. The molecule has 1 N–H and O–H groups in total. The first-order valence-electron chi connectivity index (χ1n) is 16.0. The number of piperidine rings is 1. The molecule has 47 heavy (non-hydrogen) atoms. The van der Waals surface area contributed by atoms with Crippen LogP contribution in [0.1, 0.15) is 58.4 Å². The molecule has 0 radical (unpaired) electrons. The van der Waals surface area contributed by atoms with Gasteiger partial charge in [0.2, 0.25) is 5.88 Å². The largest absolute Gasteiger partial charge is 0.473 e. The van der Waals surface area contributed by atoms with Gasteiger partial charge in [0.05, 0.1) is 30.2 Å². The fraction of sp³-hybridized carbons (Fsp3) is 0.371. The maximum atomic E-state index is 14.2. The van der Waals surface area contributed by atoms with Crippen LogP contribution in [0.4, 0.5) is 10.1 Å². The van der Waals surface area contributed by atoms with Crippen molar-refractivity contribution in [1.29, 1.82) is 0 Å². The molecule has 7 rings (SSSR count). The molecule has 1 atom stereocenters. The number of nitrogens with zero attached hydrogens (tertiary/aromatic N) is 6. The number of hydrogen-bond acceptors (Lipinski definition) is 7. The standard InChI is InChI=1S/C35H37ClFN7O3/c1-22-16-31(41-42(22)2)35(45)38-26-8-9-32-30(18-26)39-33(44(32)19-27-12-15-46-27)20-43-13-10-23(11-14-43)29-4-3-5-34(40-29)47-21-24-6-7-25(36)17-28(24)37/h3-9,16-18,23,27H,10-15,19-21H2,1-2H3,(H,38,45)/t27-/m0/s1. The van der Waals surface area contributed by atoms with E-state index < -0.39 is 5.82 Å². The molecule has 1 amide bonds. The van der Waals surface area contributed by atoms with Crippen LogP contribution in [0.15, 0.2) is 60.7 Å². The van der Waals surface area contributed by atoms with Crippen molar-refractivity contribution in [3.8, 4) is 5.88 Å². The average molecular weight is 658 g/mol. The Morgan fingerprint density at radius 3 is 2.64 bits per heavy atom. The lowest BCUT2D eigenvalue weighted by Crippen LogP contribution is -2.35. The number of pyridine rings is 1. The molecule has 2 aromatic carbocycles. The molecule has 244 valence electrons. The molecular weight excluding hydrogens is 621 g/mol. The molecule has 0 unspecified atom stereocenters. The van der Waals surface area contributed by atoms with Gasteiger partial charge in [-0.3, -0.25) is 14.4 Å². The number of hydrogen-bond donors (Lipinski definition) is 1. The van der Waals surface area contributed by atoms with E-state index >= 15 is 0 Å². The summed E-state index contributed by atoms with van der Waals surface area (Å²) in [6.45, 7) is 6.06. The second-order valence-electron chi connectivity index (χ2n) is 12.3. The molecule has 2 saturated heterocycles. The molecular formula is C35H37ClFN7O3. The third-order valence-corrected chi connectivity index (χ3v) is 9.35. The molecule has 0 bridgehead atoms. The number of likely N-dealkylation sites (tertiary alicyclic amines) is 1. The number of aromatic nitrogens is 5. The van der Waals surface area contributed by atoms with Crippen LogP contribution in [-0.4, -0.2) is 60.9 Å². The summed E-state index contributed by atoms with van der Waals surface area (Å²) in [6, 6.07) is 18.0. The van der Waals surface area contributed by atoms with E-state index in [0.717, 1.165) is 73.7 Å². The average Bonchev–Trinajstić information content (AvgIpc) is 3.56. The first-order valence-corrected chi connectivity index (χ1v) is 16.4. The predicted octanol–water partition coefficient (Wildman–Crippen LogP) is 6.27. The van der Waals surface area contributed by atoms with Gasteiger partial charge in [-0.25, -0.2) is 14.4 Å². The van der Waals surface area contributed by atoms with E-state index in [1.807, 2.05) is 44.3 Å². The van der Waals surface area contributed by atoms with Gasteiger partial charge in [0.25, 0.3) is 5.91 Å². The zero-order valence-electron chi connectivity index (χ0n) is 26.5. The van der Waals surface area contributed by atoms with E-state index in [1.165, 1.54) is 6.07 Å². The predicted molar refractivity (Wildman–Crippen MR) is 177 cm³/mol. The highest BCUT2D eigenvalue weighted by molar-refractivity contribution is 6.30. The number of carbonyl (C=O) groups excluding carboxylic acids is 1. The molecule has 5 aromatic rings. The van der Waals surface area contributed by atoms with Gasteiger partial charge in [0.15, 0.2) is 5.69 Å². The Morgan fingerprint density at radius 1 is 1.09 bits per heavy atom. The maximum Gasteiger partial charge on any atom is 0.276 e. The van der Waals surface area contributed by atoms with E-state index in [1.54, 1.807) is 28.9 Å². The van der Waals surface area contributed by atoms with E-state index in [9.17, 15) is 9.18 Å². The van der Waals surface area contributed by atoms with Gasteiger partial charge in [-0.1, -0.05) is 23.7 Å². The summed E-state index contributed by atoms with van der Waals surface area (Å²) in [5.74, 6) is 1.13. The molecule has 3 aromatic heterocycles. The number of rotatable bonds is 10. The molecule has 2 aliphatic rings. The Bertz CT molecular complexity index is 1890. The number of anilines is 1. The van der Waals surface area contributed by atoms with Crippen LogP contribution >= 0.6 is 11.6 Å². The van der Waals surface area contributed by atoms with E-state index in [2.05, 4.69) is 19.9 Å². The molecule has 2 fully saturated rings. The van der Waals surface area contributed by atoms with Crippen LogP contribution in [0, 0.1) is 12.7 Å². The zero-order valence-corrected chi connectivity index (χ0v) is 27.2. The summed E-state index contributed by atoms with van der Waals surface area (Å²) in [7, 11) is 1.82. The number of imidazole rings is 1. The van der Waals surface area contributed by atoms with Gasteiger partial charge >= 0.3 is 0 Å². The fourth-order valence-corrected chi connectivity index (χ4v) is 6.36. The second kappa shape index (κ2) is 13.4. The van der Waals surface area contributed by atoms with Crippen LogP contribution in [0.3, 0.4) is 0 Å². The Balaban J connectivity index is 1.01. The van der Waals surface area contributed by atoms with Crippen LogP contribution < -0.4 is 10.1 Å². The second-order valence-corrected chi connectivity index (χ2v) is 12.8. The maximum absolute atomic E-state index is 14.2. The van der Waals surface area contributed by atoms with Crippen LogP contribution in [0.2, 0.25) is 5.02 Å². The Morgan fingerprint density at radius 2 is 1.91 bits per heavy atom. The molecule has 0 saturated carbocycles. The molecule has 2 aliphatic heterocycles. The van der Waals surface area contributed by atoms with Crippen molar-refractivity contribution in [2.45, 2.75) is 57.9 Å². The SMILES string of the molecule is Cc1cc(C(=O)Nc2ccc3c(c2)nc(CN2CCC(c4cccc(OCc5ccc(Cl)cc5F)n4)CC2)n3C[C@@H]2CCO2)nn1C. The molecule has 5 heterocycles. The third-order valence-electron chi connectivity index (χ3n) is 9.12. The third kappa shape index (κ3) is 7.02. The van der Waals surface area contributed by atoms with Crippen LogP contribution in [-0.2, 0) is 31.5 Å². The monoisotopic (exact) mass is 657 g/mol. The first kappa shape index (κ1) is 31.3. The number of fused-ring (bicyclic) bond motifs is 1. The van der Waals surface area contributed by atoms with Crippen molar-refractivity contribution >= 4 is 34.2 Å². The van der Waals surface area contributed by atoms with Gasteiger partial charge in [-0.15, -0.1) is 0 Å². The topological polar surface area (TPSA) is 99.3 Å². The van der Waals surface area contributed by atoms with Gasteiger partial charge in [0.1, 0.15) is 18.2 Å². The minimum atomic E-state index is -0.391.